The van der Waals surface area contributed by atoms with E-state index in [0.29, 0.717) is 11.3 Å². The molecule has 106 valence electrons. The second kappa shape index (κ2) is 5.48. The number of ether oxygens (including phenoxy) is 1. The molecule has 0 aliphatic carbocycles. The number of halogens is 2. The van der Waals surface area contributed by atoms with Crippen LogP contribution in [0.2, 0.25) is 0 Å². The van der Waals surface area contributed by atoms with Gasteiger partial charge in [-0.15, -0.1) is 0 Å². The van der Waals surface area contributed by atoms with Gasteiger partial charge in [-0.05, 0) is 31.2 Å². The van der Waals surface area contributed by atoms with Crippen molar-refractivity contribution in [1.82, 2.24) is 4.98 Å². The molecule has 0 saturated carbocycles. The minimum absolute atomic E-state index is 0.310. The summed E-state index contributed by atoms with van der Waals surface area (Å²) in [5.74, 6) is -0.643. The van der Waals surface area contributed by atoms with Crippen molar-refractivity contribution in [1.29, 1.82) is 0 Å². The number of para-hydroxylation sites is 1. The Labute approximate surface area is 121 Å². The molecule has 0 fully saturated rings. The Hall–Kier alpha value is -2.49. The number of aromatic nitrogens is 1. The number of hydrogen-bond acceptors (Lipinski definition) is 2. The molecular formula is C17H13F2NO. The van der Waals surface area contributed by atoms with Gasteiger partial charge in [0.05, 0.1) is 0 Å². The maximum Gasteiger partial charge on any atom is 0.146 e. The van der Waals surface area contributed by atoms with Crippen LogP contribution in [0.4, 0.5) is 8.78 Å². The zero-order valence-corrected chi connectivity index (χ0v) is 11.4. The normalized spacial score (nSPS) is 12.3. The number of fused-ring (bicyclic) bond motifs is 1. The molecular weight excluding hydrogens is 272 g/mol. The van der Waals surface area contributed by atoms with Crippen LogP contribution in [-0.2, 0) is 0 Å². The van der Waals surface area contributed by atoms with Crippen molar-refractivity contribution in [2.24, 2.45) is 0 Å². The zero-order chi connectivity index (χ0) is 14.8. The minimum Gasteiger partial charge on any atom is -0.484 e. The molecule has 0 bridgehead atoms. The highest BCUT2D eigenvalue weighted by Crippen LogP contribution is 2.29. The van der Waals surface area contributed by atoms with Gasteiger partial charge in [0.25, 0.3) is 0 Å². The Morgan fingerprint density at radius 1 is 1.05 bits per heavy atom. The van der Waals surface area contributed by atoms with Gasteiger partial charge in [0.2, 0.25) is 0 Å². The van der Waals surface area contributed by atoms with Crippen LogP contribution in [0.1, 0.15) is 18.6 Å². The third-order valence-electron chi connectivity index (χ3n) is 3.30. The largest absolute Gasteiger partial charge is 0.484 e. The molecule has 1 atom stereocenters. The molecule has 1 unspecified atom stereocenters. The van der Waals surface area contributed by atoms with Gasteiger partial charge in [0.1, 0.15) is 29.0 Å². The summed E-state index contributed by atoms with van der Waals surface area (Å²) in [7, 11) is 0. The zero-order valence-electron chi connectivity index (χ0n) is 11.4. The smallest absolute Gasteiger partial charge is 0.146 e. The fourth-order valence-corrected chi connectivity index (χ4v) is 2.26. The third kappa shape index (κ3) is 2.70. The first-order chi connectivity index (χ1) is 10.1. The predicted molar refractivity (Wildman–Crippen MR) is 77.1 cm³/mol. The van der Waals surface area contributed by atoms with Crippen LogP contribution in [0.3, 0.4) is 0 Å². The van der Waals surface area contributed by atoms with Gasteiger partial charge in [0, 0.05) is 23.2 Å². The lowest BCUT2D eigenvalue weighted by Gasteiger charge is -2.16. The van der Waals surface area contributed by atoms with Crippen LogP contribution >= 0.6 is 0 Å². The van der Waals surface area contributed by atoms with Gasteiger partial charge in [-0.1, -0.05) is 18.2 Å². The summed E-state index contributed by atoms with van der Waals surface area (Å²) in [5.41, 5.74) is 1.03. The first-order valence-corrected chi connectivity index (χ1v) is 6.60. The number of nitrogens with zero attached hydrogens (tertiary/aromatic N) is 1. The van der Waals surface area contributed by atoms with E-state index in [1.807, 2.05) is 24.3 Å². The van der Waals surface area contributed by atoms with Crippen molar-refractivity contribution in [3.8, 4) is 5.75 Å². The van der Waals surface area contributed by atoms with Gasteiger partial charge < -0.3 is 4.74 Å². The van der Waals surface area contributed by atoms with E-state index in [4.69, 9.17) is 4.74 Å². The molecule has 3 aromatic rings. The van der Waals surface area contributed by atoms with Crippen LogP contribution in [0.25, 0.3) is 10.9 Å². The predicted octanol–water partition coefficient (Wildman–Crippen LogP) is 4.65. The van der Waals surface area contributed by atoms with Crippen molar-refractivity contribution in [2.75, 3.05) is 0 Å². The quantitative estimate of drug-likeness (QED) is 0.698. The molecule has 1 heterocycles. The molecule has 0 aliphatic heterocycles. The van der Waals surface area contributed by atoms with E-state index in [9.17, 15) is 8.78 Å². The average Bonchev–Trinajstić information content (AvgIpc) is 2.47. The third-order valence-corrected chi connectivity index (χ3v) is 3.30. The lowest BCUT2D eigenvalue weighted by atomic mass is 10.1. The van der Waals surface area contributed by atoms with Crippen LogP contribution in [0.5, 0.6) is 5.75 Å². The molecule has 2 aromatic carbocycles. The molecule has 3 rings (SSSR count). The lowest BCUT2D eigenvalue weighted by Crippen LogP contribution is -2.06. The van der Waals surface area contributed by atoms with Crippen molar-refractivity contribution in [2.45, 2.75) is 13.0 Å². The Bertz CT molecular complexity index is 783. The molecule has 0 saturated heterocycles. The fourth-order valence-electron chi connectivity index (χ4n) is 2.26. The summed E-state index contributed by atoms with van der Waals surface area (Å²) in [4.78, 5) is 4.29. The Morgan fingerprint density at radius 2 is 1.86 bits per heavy atom. The highest BCUT2D eigenvalue weighted by atomic mass is 19.1. The van der Waals surface area contributed by atoms with Crippen molar-refractivity contribution in [3.05, 3.63) is 71.9 Å². The molecule has 0 amide bonds. The van der Waals surface area contributed by atoms with Crippen LogP contribution in [0.15, 0.2) is 54.7 Å². The van der Waals surface area contributed by atoms with Crippen molar-refractivity contribution >= 4 is 10.9 Å². The van der Waals surface area contributed by atoms with Gasteiger partial charge in [-0.2, -0.15) is 0 Å². The topological polar surface area (TPSA) is 22.1 Å². The second-order valence-electron chi connectivity index (χ2n) is 4.76. The van der Waals surface area contributed by atoms with Crippen molar-refractivity contribution in [3.63, 3.8) is 0 Å². The Morgan fingerprint density at radius 3 is 2.67 bits per heavy atom. The van der Waals surface area contributed by atoms with E-state index in [1.54, 1.807) is 19.2 Å². The Kier molecular flexibility index (Phi) is 3.52. The first kappa shape index (κ1) is 13.5. The fraction of sp³-hybridized carbons (Fsp3) is 0.118. The van der Waals surface area contributed by atoms with E-state index < -0.39 is 17.7 Å². The average molecular weight is 285 g/mol. The van der Waals surface area contributed by atoms with Gasteiger partial charge >= 0.3 is 0 Å². The standard InChI is InChI=1S/C17H13F2NO/c1-11(14-8-7-13(18)10-15(14)19)21-16-6-2-4-12-5-3-9-20-17(12)16/h2-11H,1H3. The Balaban J connectivity index is 1.94. The maximum atomic E-state index is 13.8. The van der Waals surface area contributed by atoms with Crippen LogP contribution in [0, 0.1) is 11.6 Å². The monoisotopic (exact) mass is 285 g/mol. The number of rotatable bonds is 3. The number of benzene rings is 2. The molecule has 21 heavy (non-hydrogen) atoms. The number of pyridine rings is 1. The van der Waals surface area contributed by atoms with Crippen LogP contribution < -0.4 is 4.74 Å². The van der Waals surface area contributed by atoms with Gasteiger partial charge in [-0.3, -0.25) is 4.98 Å². The molecule has 0 N–H and O–H groups in total. The van der Waals surface area contributed by atoms with E-state index in [1.165, 1.54) is 12.1 Å². The minimum atomic E-state index is -0.615. The van der Waals surface area contributed by atoms with Gasteiger partial charge in [-0.25, -0.2) is 8.78 Å². The molecule has 0 radical (unpaired) electrons. The summed E-state index contributed by atoms with van der Waals surface area (Å²) in [6.07, 6.45) is 1.14. The van der Waals surface area contributed by atoms with E-state index in [2.05, 4.69) is 4.98 Å². The molecule has 4 heteroatoms. The molecule has 2 nitrogen and oxygen atoms in total. The summed E-state index contributed by atoms with van der Waals surface area (Å²) < 4.78 is 32.5. The van der Waals surface area contributed by atoms with Gasteiger partial charge in [0.15, 0.2) is 0 Å². The number of hydrogen-bond donors (Lipinski definition) is 0. The second-order valence-corrected chi connectivity index (χ2v) is 4.76. The maximum absolute atomic E-state index is 13.8. The summed E-state index contributed by atoms with van der Waals surface area (Å²) in [6.45, 7) is 1.72. The summed E-state index contributed by atoms with van der Waals surface area (Å²) >= 11 is 0. The van der Waals surface area contributed by atoms with Crippen LogP contribution in [-0.4, -0.2) is 4.98 Å². The van der Waals surface area contributed by atoms with E-state index in [0.717, 1.165) is 17.0 Å². The van der Waals surface area contributed by atoms with E-state index in [-0.39, 0.29) is 0 Å². The summed E-state index contributed by atoms with van der Waals surface area (Å²) in [5, 5.41) is 0.946. The van der Waals surface area contributed by atoms with E-state index >= 15 is 0 Å². The molecule has 0 aliphatic rings. The molecule has 0 spiro atoms. The summed E-state index contributed by atoms with van der Waals surface area (Å²) in [6, 6.07) is 12.8. The molecule has 1 aromatic heterocycles. The first-order valence-electron chi connectivity index (χ1n) is 6.60. The van der Waals surface area contributed by atoms with Crippen molar-refractivity contribution < 1.29 is 13.5 Å². The highest BCUT2D eigenvalue weighted by molar-refractivity contribution is 5.84. The SMILES string of the molecule is CC(Oc1cccc2cccnc12)c1ccc(F)cc1F. The highest BCUT2D eigenvalue weighted by Gasteiger charge is 2.14. The lowest BCUT2D eigenvalue weighted by molar-refractivity contribution is 0.223.